The highest BCUT2D eigenvalue weighted by molar-refractivity contribution is 5.95. The summed E-state index contributed by atoms with van der Waals surface area (Å²) >= 11 is 0. The number of hydrogen-bond acceptors (Lipinski definition) is 4. The van der Waals surface area contributed by atoms with Crippen LogP contribution in [0.25, 0.3) is 0 Å². The van der Waals surface area contributed by atoms with Crippen LogP contribution in [0.15, 0.2) is 18.2 Å². The zero-order valence-corrected chi connectivity index (χ0v) is 11.1. The first kappa shape index (κ1) is 14.4. The lowest BCUT2D eigenvalue weighted by atomic mass is 9.64. The van der Waals surface area contributed by atoms with Crippen molar-refractivity contribution in [2.24, 2.45) is 5.41 Å². The summed E-state index contributed by atoms with van der Waals surface area (Å²) in [5, 5.41) is 22.7. The highest BCUT2D eigenvalue weighted by Gasteiger charge is 2.48. The first-order chi connectivity index (χ1) is 9.23. The minimum atomic E-state index is -0.936. The van der Waals surface area contributed by atoms with E-state index in [9.17, 15) is 24.4 Å². The summed E-state index contributed by atoms with van der Waals surface area (Å²) in [5.74, 6) is -1.57. The van der Waals surface area contributed by atoms with Crippen molar-refractivity contribution in [1.82, 2.24) is 5.32 Å². The van der Waals surface area contributed by atoms with Crippen LogP contribution in [0.5, 0.6) is 0 Å². The number of benzene rings is 1. The van der Waals surface area contributed by atoms with Crippen molar-refractivity contribution in [2.45, 2.75) is 32.4 Å². The van der Waals surface area contributed by atoms with E-state index in [2.05, 4.69) is 5.32 Å². The molecule has 7 heteroatoms. The number of non-ortho nitro benzene ring substituents is 1. The summed E-state index contributed by atoms with van der Waals surface area (Å²) in [6, 6.07) is 2.64. The lowest BCUT2D eigenvalue weighted by Crippen LogP contribution is -2.61. The predicted molar refractivity (Wildman–Crippen MR) is 68.7 cm³/mol. The Morgan fingerprint density at radius 3 is 2.65 bits per heavy atom. The monoisotopic (exact) mass is 282 g/mol. The van der Waals surface area contributed by atoms with Crippen LogP contribution in [0.4, 0.5) is 10.1 Å². The molecule has 0 spiro atoms. The smallest absolute Gasteiger partial charge is 0.272 e. The number of aliphatic hydroxyl groups is 1. The van der Waals surface area contributed by atoms with Gasteiger partial charge in [-0.3, -0.25) is 14.9 Å². The number of rotatable bonds is 3. The van der Waals surface area contributed by atoms with E-state index in [1.54, 1.807) is 13.8 Å². The fourth-order valence-electron chi connectivity index (χ4n) is 2.19. The highest BCUT2D eigenvalue weighted by atomic mass is 19.1. The molecule has 2 unspecified atom stereocenters. The van der Waals surface area contributed by atoms with Crippen molar-refractivity contribution in [3.8, 4) is 0 Å². The second kappa shape index (κ2) is 4.82. The molecule has 0 bridgehead atoms. The first-order valence-corrected chi connectivity index (χ1v) is 6.16. The largest absolute Gasteiger partial charge is 0.392 e. The molecule has 1 aromatic rings. The molecule has 2 N–H and O–H groups in total. The van der Waals surface area contributed by atoms with Gasteiger partial charge in [0.15, 0.2) is 0 Å². The molecule has 1 aliphatic carbocycles. The van der Waals surface area contributed by atoms with Crippen molar-refractivity contribution in [3.63, 3.8) is 0 Å². The van der Waals surface area contributed by atoms with Gasteiger partial charge in [0, 0.05) is 17.5 Å². The van der Waals surface area contributed by atoms with Crippen LogP contribution >= 0.6 is 0 Å². The summed E-state index contributed by atoms with van der Waals surface area (Å²) in [6.07, 6.45) is -0.0950. The van der Waals surface area contributed by atoms with Crippen molar-refractivity contribution >= 4 is 11.6 Å². The van der Waals surface area contributed by atoms with Gasteiger partial charge in [0.2, 0.25) is 0 Å². The Kier molecular flexibility index (Phi) is 3.47. The number of nitro groups is 1. The second-order valence-electron chi connectivity index (χ2n) is 5.52. The average molecular weight is 282 g/mol. The van der Waals surface area contributed by atoms with E-state index in [4.69, 9.17) is 0 Å². The normalized spacial score (nSPS) is 23.8. The second-order valence-corrected chi connectivity index (χ2v) is 5.52. The molecule has 0 saturated heterocycles. The van der Waals surface area contributed by atoms with Crippen molar-refractivity contribution in [2.75, 3.05) is 0 Å². The van der Waals surface area contributed by atoms with Crippen molar-refractivity contribution < 1.29 is 19.2 Å². The van der Waals surface area contributed by atoms with Crippen LogP contribution < -0.4 is 5.32 Å². The van der Waals surface area contributed by atoms with Crippen LogP contribution in [0.3, 0.4) is 0 Å². The SMILES string of the molecule is CC1(C)C(O)CC1NC(=O)c1ccc([N+](=O)[O-])cc1F. The number of amides is 1. The minimum Gasteiger partial charge on any atom is -0.392 e. The topological polar surface area (TPSA) is 92.5 Å². The van der Waals surface area contributed by atoms with Gasteiger partial charge in [-0.1, -0.05) is 13.8 Å². The lowest BCUT2D eigenvalue weighted by molar-refractivity contribution is -0.385. The molecule has 0 radical (unpaired) electrons. The van der Waals surface area contributed by atoms with Crippen LogP contribution in [-0.4, -0.2) is 28.1 Å². The van der Waals surface area contributed by atoms with E-state index in [1.165, 1.54) is 0 Å². The van der Waals surface area contributed by atoms with Gasteiger partial charge in [0.05, 0.1) is 22.7 Å². The Morgan fingerprint density at radius 2 is 2.20 bits per heavy atom. The van der Waals surface area contributed by atoms with Gasteiger partial charge in [0.25, 0.3) is 11.6 Å². The van der Waals surface area contributed by atoms with Crippen molar-refractivity contribution in [1.29, 1.82) is 0 Å². The minimum absolute atomic E-state index is 0.243. The van der Waals surface area contributed by atoms with Gasteiger partial charge in [0.1, 0.15) is 5.82 Å². The number of nitro benzene ring substituents is 1. The number of hydrogen-bond donors (Lipinski definition) is 2. The molecule has 108 valence electrons. The van der Waals surface area contributed by atoms with E-state index < -0.39 is 33.9 Å². The van der Waals surface area contributed by atoms with Crippen LogP contribution in [0, 0.1) is 21.3 Å². The molecule has 1 amide bonds. The van der Waals surface area contributed by atoms with Gasteiger partial charge in [-0.2, -0.15) is 0 Å². The number of carbonyl (C=O) groups is 1. The van der Waals surface area contributed by atoms with E-state index in [0.717, 1.165) is 18.2 Å². The van der Waals surface area contributed by atoms with Crippen molar-refractivity contribution in [3.05, 3.63) is 39.7 Å². The average Bonchev–Trinajstić information content (AvgIpc) is 2.37. The number of nitrogens with one attached hydrogen (secondary N) is 1. The number of aliphatic hydroxyl groups excluding tert-OH is 1. The predicted octanol–water partition coefficient (Wildman–Crippen LogP) is 1.62. The summed E-state index contributed by atoms with van der Waals surface area (Å²) < 4.78 is 13.7. The van der Waals surface area contributed by atoms with Gasteiger partial charge in [-0.25, -0.2) is 4.39 Å². The fourth-order valence-corrected chi connectivity index (χ4v) is 2.19. The molecular formula is C13H15FN2O4. The molecular weight excluding hydrogens is 267 g/mol. The summed E-state index contributed by atoms with van der Waals surface area (Å²) in [7, 11) is 0. The third kappa shape index (κ3) is 2.36. The molecule has 0 aliphatic heterocycles. The van der Waals surface area contributed by atoms with Gasteiger partial charge in [-0.05, 0) is 12.5 Å². The van der Waals surface area contributed by atoms with Gasteiger partial charge >= 0.3 is 0 Å². The maximum absolute atomic E-state index is 13.7. The van der Waals surface area contributed by atoms with Crippen LogP contribution in [-0.2, 0) is 0 Å². The number of halogens is 1. The molecule has 0 heterocycles. The Bertz CT molecular complexity index is 573. The van der Waals surface area contributed by atoms with Gasteiger partial charge in [-0.15, -0.1) is 0 Å². The number of carbonyl (C=O) groups excluding carboxylic acids is 1. The fraction of sp³-hybridized carbons (Fsp3) is 0.462. The molecule has 0 aromatic heterocycles. The zero-order valence-electron chi connectivity index (χ0n) is 11.1. The molecule has 1 aromatic carbocycles. The van der Waals surface area contributed by atoms with E-state index >= 15 is 0 Å². The van der Waals surface area contributed by atoms with E-state index in [-0.39, 0.29) is 11.6 Å². The molecule has 2 rings (SSSR count). The van der Waals surface area contributed by atoms with Crippen LogP contribution in [0.1, 0.15) is 30.6 Å². The third-order valence-corrected chi connectivity index (χ3v) is 3.93. The standard InChI is InChI=1S/C13H15FN2O4/c1-13(2)10(6-11(13)17)15-12(18)8-4-3-7(16(19)20)5-9(8)14/h3-5,10-11,17H,6H2,1-2H3,(H,15,18). The quantitative estimate of drug-likeness (QED) is 0.651. The zero-order chi connectivity index (χ0) is 15.1. The molecule has 20 heavy (non-hydrogen) atoms. The Balaban J connectivity index is 2.13. The van der Waals surface area contributed by atoms with E-state index in [1.807, 2.05) is 0 Å². The maximum atomic E-state index is 13.7. The molecule has 1 aliphatic rings. The third-order valence-electron chi connectivity index (χ3n) is 3.93. The molecule has 1 saturated carbocycles. The van der Waals surface area contributed by atoms with Crippen LogP contribution in [0.2, 0.25) is 0 Å². The Hall–Kier alpha value is -2.02. The summed E-state index contributed by atoms with van der Waals surface area (Å²) in [4.78, 5) is 21.7. The highest BCUT2D eigenvalue weighted by Crippen LogP contribution is 2.40. The number of nitrogens with zero attached hydrogens (tertiary/aromatic N) is 1. The summed E-state index contributed by atoms with van der Waals surface area (Å²) in [6.45, 7) is 3.61. The molecule has 6 nitrogen and oxygen atoms in total. The summed E-state index contributed by atoms with van der Waals surface area (Å²) in [5.41, 5.74) is -1.11. The lowest BCUT2D eigenvalue weighted by Gasteiger charge is -2.49. The Morgan fingerprint density at radius 1 is 1.55 bits per heavy atom. The first-order valence-electron chi connectivity index (χ1n) is 6.16. The molecule has 1 fully saturated rings. The van der Waals surface area contributed by atoms with Gasteiger partial charge < -0.3 is 10.4 Å². The maximum Gasteiger partial charge on any atom is 0.272 e. The van der Waals surface area contributed by atoms with E-state index in [0.29, 0.717) is 6.42 Å². The Labute approximate surface area is 114 Å². The molecule has 2 atom stereocenters.